The summed E-state index contributed by atoms with van der Waals surface area (Å²) in [7, 11) is 1.52. The number of thiocarbonyl (C=S) groups is 1. The summed E-state index contributed by atoms with van der Waals surface area (Å²) in [5.41, 5.74) is 0.984. The van der Waals surface area contributed by atoms with E-state index in [-0.39, 0.29) is 5.75 Å². The van der Waals surface area contributed by atoms with Gasteiger partial charge >= 0.3 is 0 Å². The van der Waals surface area contributed by atoms with Crippen molar-refractivity contribution in [2.24, 2.45) is 0 Å². The van der Waals surface area contributed by atoms with Crippen molar-refractivity contribution in [3.63, 3.8) is 0 Å². The summed E-state index contributed by atoms with van der Waals surface area (Å²) in [6, 6.07) is 5.19. The number of phenolic OH excluding ortho intramolecular Hbond substituents is 1. The maximum atomic E-state index is 9.46. The summed E-state index contributed by atoms with van der Waals surface area (Å²) >= 11 is 5.12. The predicted octanol–water partition coefficient (Wildman–Crippen LogP) is 1.94. The zero-order valence-electron chi connectivity index (χ0n) is 10.4. The molecule has 0 bridgehead atoms. The molecule has 0 aliphatic carbocycles. The highest BCUT2D eigenvalue weighted by Gasteiger charge is 2.03. The molecule has 0 saturated carbocycles. The van der Waals surface area contributed by atoms with Crippen molar-refractivity contribution in [2.75, 3.05) is 13.7 Å². The van der Waals surface area contributed by atoms with Gasteiger partial charge in [0, 0.05) is 13.1 Å². The van der Waals surface area contributed by atoms with Gasteiger partial charge in [0.1, 0.15) is 0 Å². The largest absolute Gasteiger partial charge is 0.504 e. The zero-order valence-corrected chi connectivity index (χ0v) is 11.2. The second-order valence-electron chi connectivity index (χ2n) is 3.69. The SMILES string of the molecule is C=CCCNC(=S)NCc1ccc(O)c(OC)c1. The maximum absolute atomic E-state index is 9.46. The second kappa shape index (κ2) is 7.55. The van der Waals surface area contributed by atoms with E-state index in [1.807, 2.05) is 12.1 Å². The molecule has 1 rings (SSSR count). The normalized spacial score (nSPS) is 9.61. The number of nitrogens with one attached hydrogen (secondary N) is 2. The van der Waals surface area contributed by atoms with Crippen molar-refractivity contribution in [2.45, 2.75) is 13.0 Å². The quantitative estimate of drug-likeness (QED) is 0.417. The molecule has 0 saturated heterocycles. The first kappa shape index (κ1) is 14.3. The molecule has 0 aliphatic heterocycles. The lowest BCUT2D eigenvalue weighted by Gasteiger charge is -2.11. The topological polar surface area (TPSA) is 53.5 Å². The first-order valence-electron chi connectivity index (χ1n) is 5.66. The van der Waals surface area contributed by atoms with E-state index in [1.54, 1.807) is 12.1 Å². The summed E-state index contributed by atoms with van der Waals surface area (Å²) in [4.78, 5) is 0. The lowest BCUT2D eigenvalue weighted by molar-refractivity contribution is 0.373. The van der Waals surface area contributed by atoms with Gasteiger partial charge in [-0.25, -0.2) is 0 Å². The first-order valence-corrected chi connectivity index (χ1v) is 6.06. The number of hydrogen-bond donors (Lipinski definition) is 3. The van der Waals surface area contributed by atoms with Crippen LogP contribution in [-0.2, 0) is 6.54 Å². The standard InChI is InChI=1S/C13H18N2O2S/c1-3-4-7-14-13(18)15-9-10-5-6-11(16)12(8-10)17-2/h3,5-6,8,16H,1,4,7,9H2,2H3,(H2,14,15,18). The molecule has 98 valence electrons. The molecule has 18 heavy (non-hydrogen) atoms. The molecule has 1 aromatic carbocycles. The molecule has 0 aromatic heterocycles. The molecule has 0 radical (unpaired) electrons. The molecule has 0 fully saturated rings. The van der Waals surface area contributed by atoms with Gasteiger partial charge in [-0.15, -0.1) is 6.58 Å². The third-order valence-corrected chi connectivity index (χ3v) is 2.62. The number of hydrogen-bond acceptors (Lipinski definition) is 3. The maximum Gasteiger partial charge on any atom is 0.166 e. The van der Waals surface area contributed by atoms with Gasteiger partial charge in [-0.1, -0.05) is 12.1 Å². The Balaban J connectivity index is 2.43. The van der Waals surface area contributed by atoms with Gasteiger partial charge in [0.05, 0.1) is 7.11 Å². The molecule has 0 spiro atoms. The Labute approximate surface area is 113 Å². The fourth-order valence-electron chi connectivity index (χ4n) is 1.36. The Bertz CT molecular complexity index is 421. The molecule has 5 heteroatoms. The molecule has 0 amide bonds. The van der Waals surface area contributed by atoms with Gasteiger partial charge in [-0.05, 0) is 36.3 Å². The Morgan fingerprint density at radius 1 is 1.50 bits per heavy atom. The van der Waals surface area contributed by atoms with Gasteiger partial charge in [0.25, 0.3) is 0 Å². The lowest BCUT2D eigenvalue weighted by atomic mass is 10.2. The van der Waals surface area contributed by atoms with E-state index in [1.165, 1.54) is 7.11 Å². The van der Waals surface area contributed by atoms with Crippen LogP contribution >= 0.6 is 12.2 Å². The van der Waals surface area contributed by atoms with Gasteiger partial charge in [0.15, 0.2) is 16.6 Å². The Kier molecular flexibility index (Phi) is 6.00. The summed E-state index contributed by atoms with van der Waals surface area (Å²) < 4.78 is 5.03. The molecule has 1 aromatic rings. The van der Waals surface area contributed by atoms with Crippen LogP contribution in [0.2, 0.25) is 0 Å². The van der Waals surface area contributed by atoms with Gasteiger partial charge in [-0.3, -0.25) is 0 Å². The summed E-state index contributed by atoms with van der Waals surface area (Å²) in [5.74, 6) is 0.591. The highest BCUT2D eigenvalue weighted by Crippen LogP contribution is 2.25. The third-order valence-electron chi connectivity index (χ3n) is 2.33. The average molecular weight is 266 g/mol. The van der Waals surface area contributed by atoms with Crippen molar-refractivity contribution in [1.29, 1.82) is 0 Å². The molecule has 0 unspecified atom stereocenters. The van der Waals surface area contributed by atoms with Crippen molar-refractivity contribution in [1.82, 2.24) is 10.6 Å². The number of aromatic hydroxyl groups is 1. The van der Waals surface area contributed by atoms with Crippen LogP contribution in [0, 0.1) is 0 Å². The van der Waals surface area contributed by atoms with Crippen LogP contribution in [0.3, 0.4) is 0 Å². The zero-order chi connectivity index (χ0) is 13.4. The molecule has 0 aliphatic rings. The van der Waals surface area contributed by atoms with Crippen molar-refractivity contribution in [3.05, 3.63) is 36.4 Å². The monoisotopic (exact) mass is 266 g/mol. The average Bonchev–Trinajstić information content (AvgIpc) is 2.38. The number of benzene rings is 1. The highest BCUT2D eigenvalue weighted by molar-refractivity contribution is 7.80. The minimum atomic E-state index is 0.132. The lowest BCUT2D eigenvalue weighted by Crippen LogP contribution is -2.35. The van der Waals surface area contributed by atoms with Crippen molar-refractivity contribution in [3.8, 4) is 11.5 Å². The molecule has 3 N–H and O–H groups in total. The first-order chi connectivity index (χ1) is 8.67. The third kappa shape index (κ3) is 4.63. The fraction of sp³-hybridized carbons (Fsp3) is 0.308. The molecule has 0 atom stereocenters. The van der Waals surface area contributed by atoms with E-state index in [0.29, 0.717) is 17.4 Å². The molecule has 0 heterocycles. The van der Waals surface area contributed by atoms with Crippen LogP contribution in [0.5, 0.6) is 11.5 Å². The molecule has 4 nitrogen and oxygen atoms in total. The predicted molar refractivity (Wildman–Crippen MR) is 76.9 cm³/mol. The van der Waals surface area contributed by atoms with E-state index in [9.17, 15) is 5.11 Å². The number of rotatable bonds is 6. The van der Waals surface area contributed by atoms with Crippen LogP contribution in [0.25, 0.3) is 0 Å². The van der Waals surface area contributed by atoms with Crippen LogP contribution in [0.1, 0.15) is 12.0 Å². The van der Waals surface area contributed by atoms with E-state index in [4.69, 9.17) is 17.0 Å². The Morgan fingerprint density at radius 2 is 2.28 bits per heavy atom. The van der Waals surface area contributed by atoms with Gasteiger partial charge < -0.3 is 20.5 Å². The summed E-state index contributed by atoms with van der Waals surface area (Å²) in [6.07, 6.45) is 2.70. The van der Waals surface area contributed by atoms with Crippen molar-refractivity contribution < 1.29 is 9.84 Å². The number of methoxy groups -OCH3 is 1. The van der Waals surface area contributed by atoms with Gasteiger partial charge in [0.2, 0.25) is 0 Å². The smallest absolute Gasteiger partial charge is 0.166 e. The van der Waals surface area contributed by atoms with Crippen LogP contribution in [0.15, 0.2) is 30.9 Å². The minimum absolute atomic E-state index is 0.132. The van der Waals surface area contributed by atoms with Crippen LogP contribution in [-0.4, -0.2) is 23.9 Å². The van der Waals surface area contributed by atoms with Crippen LogP contribution in [0.4, 0.5) is 0 Å². The van der Waals surface area contributed by atoms with Gasteiger partial charge in [-0.2, -0.15) is 0 Å². The van der Waals surface area contributed by atoms with E-state index in [0.717, 1.165) is 18.5 Å². The van der Waals surface area contributed by atoms with E-state index < -0.39 is 0 Å². The fourth-order valence-corrected chi connectivity index (χ4v) is 1.54. The van der Waals surface area contributed by atoms with E-state index in [2.05, 4.69) is 17.2 Å². The van der Waals surface area contributed by atoms with Crippen molar-refractivity contribution >= 4 is 17.3 Å². The Hall–Kier alpha value is -1.75. The number of ether oxygens (including phenoxy) is 1. The summed E-state index contributed by atoms with van der Waals surface area (Å²) in [5, 5.41) is 16.2. The molecular formula is C13H18N2O2S. The summed E-state index contributed by atoms with van der Waals surface area (Å²) in [6.45, 7) is 4.99. The second-order valence-corrected chi connectivity index (χ2v) is 4.10. The number of phenols is 1. The van der Waals surface area contributed by atoms with E-state index >= 15 is 0 Å². The highest BCUT2D eigenvalue weighted by atomic mass is 32.1. The molecular weight excluding hydrogens is 248 g/mol. The minimum Gasteiger partial charge on any atom is -0.504 e. The van der Waals surface area contributed by atoms with Crippen LogP contribution < -0.4 is 15.4 Å². The Morgan fingerprint density at radius 3 is 2.94 bits per heavy atom.